The number of thiazole rings is 1. The van der Waals surface area contributed by atoms with Crippen LogP contribution in [0.4, 0.5) is 16.3 Å². The number of amides is 1. The number of imidazole rings is 1. The fourth-order valence-corrected chi connectivity index (χ4v) is 7.10. The van der Waals surface area contributed by atoms with Gasteiger partial charge in [-0.25, -0.2) is 27.9 Å². The maximum Gasteiger partial charge on any atom is 0.407 e. The topological polar surface area (TPSA) is 127 Å². The summed E-state index contributed by atoms with van der Waals surface area (Å²) in [6.45, 7) is 9.84. The van der Waals surface area contributed by atoms with Crippen LogP contribution in [0.25, 0.3) is 10.4 Å². The molecule has 212 valence electrons. The van der Waals surface area contributed by atoms with Crippen LogP contribution in [0, 0.1) is 0 Å². The van der Waals surface area contributed by atoms with E-state index >= 15 is 0 Å². The van der Waals surface area contributed by atoms with Gasteiger partial charge < -0.3 is 19.9 Å². The molecule has 2 aromatic heterocycles. The molecule has 1 fully saturated rings. The molecule has 0 bridgehead atoms. The van der Waals surface area contributed by atoms with E-state index < -0.39 is 10.0 Å². The number of anilines is 2. The molecule has 4 rings (SSSR count). The molecule has 10 nitrogen and oxygen atoms in total. The van der Waals surface area contributed by atoms with Gasteiger partial charge in [0.25, 0.3) is 0 Å². The number of aromatic nitrogens is 3. The van der Waals surface area contributed by atoms with Crippen molar-refractivity contribution in [3.63, 3.8) is 0 Å². The first-order valence-electron chi connectivity index (χ1n) is 13.4. The van der Waals surface area contributed by atoms with Crippen molar-refractivity contribution < 1.29 is 17.9 Å². The van der Waals surface area contributed by atoms with E-state index in [0.717, 1.165) is 35.6 Å². The van der Waals surface area contributed by atoms with E-state index in [2.05, 4.69) is 39.2 Å². The van der Waals surface area contributed by atoms with Crippen molar-refractivity contribution >= 4 is 39.0 Å². The van der Waals surface area contributed by atoms with Crippen LogP contribution < -0.4 is 15.4 Å². The summed E-state index contributed by atoms with van der Waals surface area (Å²) >= 11 is 1.53. The van der Waals surface area contributed by atoms with Crippen LogP contribution in [0.15, 0.2) is 41.8 Å². The number of carbonyl (C=O) groups is 1. The molecule has 3 aromatic rings. The van der Waals surface area contributed by atoms with E-state index in [0.29, 0.717) is 17.1 Å². The molecule has 1 aliphatic carbocycles. The molecule has 1 amide bonds. The van der Waals surface area contributed by atoms with Gasteiger partial charge in [0.15, 0.2) is 0 Å². The second-order valence-corrected chi connectivity index (χ2v) is 13.1. The van der Waals surface area contributed by atoms with Gasteiger partial charge in [0.2, 0.25) is 10.0 Å². The van der Waals surface area contributed by atoms with Crippen molar-refractivity contribution in [1.29, 1.82) is 0 Å². The first-order valence-corrected chi connectivity index (χ1v) is 15.7. The average molecular weight is 575 g/mol. The maximum absolute atomic E-state index is 13.2. The van der Waals surface area contributed by atoms with E-state index in [1.54, 1.807) is 25.5 Å². The van der Waals surface area contributed by atoms with Gasteiger partial charge in [0.1, 0.15) is 5.82 Å². The molecule has 1 aromatic carbocycles. The summed E-state index contributed by atoms with van der Waals surface area (Å²) in [5, 5.41) is 7.16. The van der Waals surface area contributed by atoms with Crippen LogP contribution in [0.1, 0.15) is 77.3 Å². The lowest BCUT2D eigenvalue weighted by atomic mass is 9.86. The number of hydrogen-bond acceptors (Lipinski definition) is 8. The molecule has 1 aliphatic rings. The van der Waals surface area contributed by atoms with Crippen LogP contribution >= 0.6 is 11.3 Å². The van der Waals surface area contributed by atoms with Gasteiger partial charge in [0, 0.05) is 48.2 Å². The minimum Gasteiger partial charge on any atom is -0.447 e. The molecular weight excluding hydrogens is 536 g/mol. The summed E-state index contributed by atoms with van der Waals surface area (Å²) in [5.41, 5.74) is 1.25. The third kappa shape index (κ3) is 7.37. The minimum atomic E-state index is -3.74. The SMILES string of the molecule is CCNS(=O)(=O)c1cc(Nc2cn(C(C)C)cn2)ccc1-c1cnc(C2CCC(NC(=O)OC(C)C)CC2)s1. The largest absolute Gasteiger partial charge is 0.447 e. The molecule has 3 N–H and O–H groups in total. The fraction of sp³-hybridized carbons (Fsp3) is 0.519. The van der Waals surface area contributed by atoms with Gasteiger partial charge in [-0.3, -0.25) is 0 Å². The van der Waals surface area contributed by atoms with Crippen molar-refractivity contribution in [2.75, 3.05) is 11.9 Å². The second-order valence-electron chi connectivity index (χ2n) is 10.3. The van der Waals surface area contributed by atoms with Crippen molar-refractivity contribution in [3.05, 3.63) is 41.9 Å². The molecule has 0 saturated heterocycles. The summed E-state index contributed by atoms with van der Waals surface area (Å²) in [7, 11) is -3.74. The number of nitrogens with zero attached hydrogens (tertiary/aromatic N) is 3. The standard InChI is InChI=1S/C27H38N6O4S2/c1-6-30-39(35,36)24-13-21(31-25-15-33(16-29-25)17(2)3)11-12-22(24)23-14-28-26(38-23)19-7-9-20(10-8-19)32-27(34)37-18(4)5/h11-20,30-31H,6-10H2,1-5H3,(H,32,34). The number of sulfonamides is 1. The van der Waals surface area contributed by atoms with Crippen LogP contribution in [0.3, 0.4) is 0 Å². The summed E-state index contributed by atoms with van der Waals surface area (Å²) in [4.78, 5) is 22.0. The van der Waals surface area contributed by atoms with Crippen molar-refractivity contribution in [2.24, 2.45) is 0 Å². The monoisotopic (exact) mass is 574 g/mol. The highest BCUT2D eigenvalue weighted by molar-refractivity contribution is 7.89. The highest BCUT2D eigenvalue weighted by Gasteiger charge is 2.27. The van der Waals surface area contributed by atoms with Crippen LogP contribution in [-0.2, 0) is 14.8 Å². The van der Waals surface area contributed by atoms with E-state index in [1.807, 2.05) is 36.7 Å². The van der Waals surface area contributed by atoms with Crippen molar-refractivity contribution in [1.82, 2.24) is 24.6 Å². The van der Waals surface area contributed by atoms with Gasteiger partial charge in [0.05, 0.1) is 27.2 Å². The second kappa shape index (κ2) is 12.5. The first-order chi connectivity index (χ1) is 18.6. The lowest BCUT2D eigenvalue weighted by Gasteiger charge is -2.28. The summed E-state index contributed by atoms with van der Waals surface area (Å²) < 4.78 is 36.2. The molecule has 1 saturated carbocycles. The van der Waals surface area contributed by atoms with Crippen LogP contribution in [-0.4, -0.2) is 47.7 Å². The van der Waals surface area contributed by atoms with Gasteiger partial charge in [-0.15, -0.1) is 11.3 Å². The van der Waals surface area contributed by atoms with Gasteiger partial charge in [-0.05, 0) is 65.5 Å². The zero-order valence-electron chi connectivity index (χ0n) is 23.1. The Hall–Kier alpha value is -2.96. The van der Waals surface area contributed by atoms with E-state index in [9.17, 15) is 13.2 Å². The molecule has 0 aliphatic heterocycles. The number of carbonyl (C=O) groups excluding carboxylic acids is 1. The predicted molar refractivity (Wildman–Crippen MR) is 154 cm³/mol. The Morgan fingerprint density at radius 3 is 2.54 bits per heavy atom. The fourth-order valence-electron chi connectivity index (χ4n) is 4.63. The number of hydrogen-bond donors (Lipinski definition) is 3. The van der Waals surface area contributed by atoms with E-state index in [-0.39, 0.29) is 41.6 Å². The number of benzene rings is 1. The normalized spacial score (nSPS) is 17.9. The highest BCUT2D eigenvalue weighted by Crippen LogP contribution is 2.40. The van der Waals surface area contributed by atoms with Crippen molar-refractivity contribution in [2.45, 2.75) is 89.3 Å². The van der Waals surface area contributed by atoms with E-state index in [1.165, 1.54) is 11.3 Å². The van der Waals surface area contributed by atoms with Crippen molar-refractivity contribution in [3.8, 4) is 10.4 Å². The summed E-state index contributed by atoms with van der Waals surface area (Å²) in [6.07, 6.45) is 8.38. The number of ether oxygens (including phenoxy) is 1. The van der Waals surface area contributed by atoms with Gasteiger partial charge in [-0.2, -0.15) is 0 Å². The summed E-state index contributed by atoms with van der Waals surface area (Å²) in [5.74, 6) is 0.916. The Labute approximate surface area is 234 Å². The molecule has 2 heterocycles. The minimum absolute atomic E-state index is 0.0933. The summed E-state index contributed by atoms with van der Waals surface area (Å²) in [6, 6.07) is 5.70. The molecule has 0 atom stereocenters. The Kier molecular flexibility index (Phi) is 9.29. The van der Waals surface area contributed by atoms with Gasteiger partial charge in [-0.1, -0.05) is 13.0 Å². The lowest BCUT2D eigenvalue weighted by molar-refractivity contribution is 0.109. The Morgan fingerprint density at radius 2 is 1.90 bits per heavy atom. The molecule has 0 spiro atoms. The molecule has 12 heteroatoms. The Balaban J connectivity index is 1.52. The molecular formula is C27H38N6O4S2. The quantitative estimate of drug-likeness (QED) is 0.280. The number of alkyl carbamates (subject to hydrolysis) is 1. The number of nitrogens with one attached hydrogen (secondary N) is 3. The third-order valence-electron chi connectivity index (χ3n) is 6.61. The maximum atomic E-state index is 13.2. The molecule has 0 radical (unpaired) electrons. The zero-order chi connectivity index (χ0) is 28.2. The van der Waals surface area contributed by atoms with Crippen LogP contribution in [0.2, 0.25) is 0 Å². The highest BCUT2D eigenvalue weighted by atomic mass is 32.2. The van der Waals surface area contributed by atoms with E-state index in [4.69, 9.17) is 4.74 Å². The van der Waals surface area contributed by atoms with Gasteiger partial charge >= 0.3 is 6.09 Å². The molecule has 0 unspecified atom stereocenters. The lowest BCUT2D eigenvalue weighted by Crippen LogP contribution is -2.38. The number of rotatable bonds is 10. The average Bonchev–Trinajstić information content (AvgIpc) is 3.54. The Bertz CT molecular complexity index is 1370. The molecule has 39 heavy (non-hydrogen) atoms. The smallest absolute Gasteiger partial charge is 0.407 e. The zero-order valence-corrected chi connectivity index (χ0v) is 24.7. The third-order valence-corrected chi connectivity index (χ3v) is 9.38. The first kappa shape index (κ1) is 29.0. The van der Waals surface area contributed by atoms with Crippen LogP contribution in [0.5, 0.6) is 0 Å². The predicted octanol–water partition coefficient (Wildman–Crippen LogP) is 5.79. The Morgan fingerprint density at radius 1 is 1.15 bits per heavy atom.